The van der Waals surface area contributed by atoms with Gasteiger partial charge in [-0.05, 0) is 25.5 Å². The number of hydrogen-bond donors (Lipinski definition) is 1. The lowest BCUT2D eigenvalue weighted by atomic mass is 10.3. The van der Waals surface area contributed by atoms with Gasteiger partial charge in [0, 0.05) is 15.1 Å². The number of hydrogen-bond acceptors (Lipinski definition) is 4. The summed E-state index contributed by atoms with van der Waals surface area (Å²) in [5, 5.41) is 4.61. The van der Waals surface area contributed by atoms with E-state index >= 15 is 0 Å². The molecule has 0 spiro atoms. The smallest absolute Gasteiger partial charge is 0.271 e. The molecule has 0 aliphatic carbocycles. The molecular weight excluding hydrogens is 240 g/mol. The molecule has 2 rings (SSSR count). The molecule has 0 aliphatic rings. The monoisotopic (exact) mass is 252 g/mol. The molecule has 0 radical (unpaired) electrons. The van der Waals surface area contributed by atoms with Crippen LogP contribution in [0.3, 0.4) is 0 Å². The summed E-state index contributed by atoms with van der Waals surface area (Å²) in [6.07, 6.45) is 0. The van der Waals surface area contributed by atoms with Gasteiger partial charge in [0.05, 0.1) is 12.1 Å². The lowest BCUT2D eigenvalue weighted by Gasteiger charge is -1.99. The standard InChI is InChI=1S/C11H12N2OS2/c1-7-3-9(16-8(7)2)4-12-11(14)10-5-15-6-13-10/h3,5-6H,4H2,1-2H3,(H,12,14). The van der Waals surface area contributed by atoms with E-state index in [4.69, 9.17) is 0 Å². The van der Waals surface area contributed by atoms with Gasteiger partial charge in [0.15, 0.2) is 0 Å². The van der Waals surface area contributed by atoms with Crippen LogP contribution >= 0.6 is 22.7 Å². The van der Waals surface area contributed by atoms with Crippen molar-refractivity contribution >= 4 is 28.6 Å². The number of carbonyl (C=O) groups excluding carboxylic acids is 1. The van der Waals surface area contributed by atoms with Crippen LogP contribution in [0.1, 0.15) is 25.8 Å². The third-order valence-electron chi connectivity index (χ3n) is 2.31. The van der Waals surface area contributed by atoms with Crippen LogP contribution in [0, 0.1) is 13.8 Å². The minimum atomic E-state index is -0.107. The zero-order chi connectivity index (χ0) is 11.5. The Balaban J connectivity index is 1.95. The Kier molecular flexibility index (Phi) is 3.36. The molecule has 0 saturated heterocycles. The molecule has 2 heterocycles. The van der Waals surface area contributed by atoms with Gasteiger partial charge in [-0.1, -0.05) is 0 Å². The minimum absolute atomic E-state index is 0.107. The molecule has 0 unspecified atom stereocenters. The van der Waals surface area contributed by atoms with Gasteiger partial charge in [-0.15, -0.1) is 22.7 Å². The highest BCUT2D eigenvalue weighted by molar-refractivity contribution is 7.12. The van der Waals surface area contributed by atoms with E-state index in [1.54, 1.807) is 22.2 Å². The van der Waals surface area contributed by atoms with E-state index in [9.17, 15) is 4.79 Å². The highest BCUT2D eigenvalue weighted by Crippen LogP contribution is 2.20. The summed E-state index contributed by atoms with van der Waals surface area (Å²) in [6, 6.07) is 2.11. The lowest BCUT2D eigenvalue weighted by molar-refractivity contribution is 0.0947. The third-order valence-corrected chi connectivity index (χ3v) is 4.04. The van der Waals surface area contributed by atoms with Crippen molar-refractivity contribution in [2.75, 3.05) is 0 Å². The Labute approximate surface area is 102 Å². The van der Waals surface area contributed by atoms with Gasteiger partial charge in [0.1, 0.15) is 5.69 Å². The Bertz CT molecular complexity index is 469. The van der Waals surface area contributed by atoms with E-state index in [0.29, 0.717) is 12.2 Å². The summed E-state index contributed by atoms with van der Waals surface area (Å²) in [5.74, 6) is -0.107. The molecule has 0 atom stereocenters. The van der Waals surface area contributed by atoms with Crippen LogP contribution < -0.4 is 5.32 Å². The molecule has 0 aliphatic heterocycles. The van der Waals surface area contributed by atoms with Gasteiger partial charge in [0.25, 0.3) is 5.91 Å². The molecule has 2 aromatic rings. The number of carbonyl (C=O) groups is 1. The highest BCUT2D eigenvalue weighted by Gasteiger charge is 2.08. The molecule has 84 valence electrons. The van der Waals surface area contributed by atoms with Crippen LogP contribution in [-0.2, 0) is 6.54 Å². The quantitative estimate of drug-likeness (QED) is 0.912. The van der Waals surface area contributed by atoms with Crippen molar-refractivity contribution < 1.29 is 4.79 Å². The van der Waals surface area contributed by atoms with Gasteiger partial charge in [0.2, 0.25) is 0 Å². The first kappa shape index (κ1) is 11.3. The molecule has 0 fully saturated rings. The highest BCUT2D eigenvalue weighted by atomic mass is 32.1. The first-order valence-electron chi connectivity index (χ1n) is 4.89. The Morgan fingerprint density at radius 1 is 1.50 bits per heavy atom. The zero-order valence-corrected chi connectivity index (χ0v) is 10.7. The maximum Gasteiger partial charge on any atom is 0.271 e. The largest absolute Gasteiger partial charge is 0.346 e. The fourth-order valence-corrected chi connectivity index (χ4v) is 2.84. The molecule has 0 aromatic carbocycles. The van der Waals surface area contributed by atoms with Crippen LogP contribution in [0.15, 0.2) is 17.0 Å². The fraction of sp³-hybridized carbons (Fsp3) is 0.273. The Hall–Kier alpha value is -1.20. The number of aromatic nitrogens is 1. The van der Waals surface area contributed by atoms with Crippen molar-refractivity contribution in [2.45, 2.75) is 20.4 Å². The topological polar surface area (TPSA) is 42.0 Å². The Morgan fingerprint density at radius 3 is 2.88 bits per heavy atom. The molecule has 0 bridgehead atoms. The maximum atomic E-state index is 11.6. The van der Waals surface area contributed by atoms with Crippen LogP contribution in [0.2, 0.25) is 0 Å². The second kappa shape index (κ2) is 4.76. The van der Waals surface area contributed by atoms with Gasteiger partial charge in [-0.2, -0.15) is 0 Å². The number of thiazole rings is 1. The molecular formula is C11H12N2OS2. The number of amides is 1. The van der Waals surface area contributed by atoms with Crippen LogP contribution in [0.25, 0.3) is 0 Å². The molecule has 16 heavy (non-hydrogen) atoms. The van der Waals surface area contributed by atoms with Gasteiger partial charge < -0.3 is 5.32 Å². The van der Waals surface area contributed by atoms with Crippen molar-refractivity contribution in [1.29, 1.82) is 0 Å². The van der Waals surface area contributed by atoms with Crippen LogP contribution in [0.5, 0.6) is 0 Å². The molecule has 3 nitrogen and oxygen atoms in total. The fourth-order valence-electron chi connectivity index (χ4n) is 1.32. The average molecular weight is 252 g/mol. The SMILES string of the molecule is Cc1cc(CNC(=O)c2cscn2)sc1C. The van der Waals surface area contributed by atoms with Gasteiger partial charge in [-0.25, -0.2) is 4.98 Å². The normalized spacial score (nSPS) is 10.4. The van der Waals surface area contributed by atoms with Gasteiger partial charge in [-0.3, -0.25) is 4.79 Å². The van der Waals surface area contributed by atoms with Crippen LogP contribution in [-0.4, -0.2) is 10.9 Å². The van der Waals surface area contributed by atoms with E-state index in [1.807, 2.05) is 0 Å². The van der Waals surface area contributed by atoms with Crippen LogP contribution in [0.4, 0.5) is 0 Å². The summed E-state index contributed by atoms with van der Waals surface area (Å²) in [6.45, 7) is 4.75. The summed E-state index contributed by atoms with van der Waals surface area (Å²) < 4.78 is 0. The van der Waals surface area contributed by atoms with E-state index in [2.05, 4.69) is 30.2 Å². The second-order valence-corrected chi connectivity index (χ2v) is 5.57. The van der Waals surface area contributed by atoms with E-state index in [1.165, 1.54) is 26.7 Å². The summed E-state index contributed by atoms with van der Waals surface area (Å²) in [7, 11) is 0. The minimum Gasteiger partial charge on any atom is -0.346 e. The van der Waals surface area contributed by atoms with E-state index in [0.717, 1.165) is 0 Å². The maximum absolute atomic E-state index is 11.6. The molecule has 5 heteroatoms. The number of aryl methyl sites for hydroxylation is 2. The summed E-state index contributed by atoms with van der Waals surface area (Å²) in [4.78, 5) is 18.1. The summed E-state index contributed by atoms with van der Waals surface area (Å²) in [5.41, 5.74) is 3.44. The predicted octanol–water partition coefficient (Wildman–Crippen LogP) is 2.75. The third kappa shape index (κ3) is 2.48. The van der Waals surface area contributed by atoms with Gasteiger partial charge >= 0.3 is 0 Å². The number of thiophene rings is 1. The molecule has 1 amide bonds. The number of rotatable bonds is 3. The predicted molar refractivity (Wildman–Crippen MR) is 67.1 cm³/mol. The van der Waals surface area contributed by atoms with Crippen molar-refractivity contribution in [3.63, 3.8) is 0 Å². The summed E-state index contributed by atoms with van der Waals surface area (Å²) >= 11 is 3.15. The second-order valence-electron chi connectivity index (χ2n) is 3.51. The lowest BCUT2D eigenvalue weighted by Crippen LogP contribution is -2.22. The Morgan fingerprint density at radius 2 is 2.31 bits per heavy atom. The molecule has 1 N–H and O–H groups in total. The molecule has 2 aromatic heterocycles. The number of nitrogens with one attached hydrogen (secondary N) is 1. The first-order chi connectivity index (χ1) is 7.66. The zero-order valence-electron chi connectivity index (χ0n) is 9.11. The van der Waals surface area contributed by atoms with Crippen molar-refractivity contribution in [3.8, 4) is 0 Å². The van der Waals surface area contributed by atoms with E-state index < -0.39 is 0 Å². The average Bonchev–Trinajstić information content (AvgIpc) is 2.86. The molecule has 0 saturated carbocycles. The van der Waals surface area contributed by atoms with Crippen molar-refractivity contribution in [2.24, 2.45) is 0 Å². The van der Waals surface area contributed by atoms with Crippen molar-refractivity contribution in [3.05, 3.63) is 38.0 Å². The van der Waals surface area contributed by atoms with E-state index in [-0.39, 0.29) is 5.91 Å². The first-order valence-corrected chi connectivity index (χ1v) is 6.65. The number of nitrogens with zero attached hydrogens (tertiary/aromatic N) is 1. The van der Waals surface area contributed by atoms with Crippen molar-refractivity contribution in [1.82, 2.24) is 10.3 Å².